The third-order valence-electron chi connectivity index (χ3n) is 4.25. The van der Waals surface area contributed by atoms with Crippen molar-refractivity contribution in [3.8, 4) is 0 Å². The van der Waals surface area contributed by atoms with Crippen LogP contribution in [0.3, 0.4) is 0 Å². The van der Waals surface area contributed by atoms with Gasteiger partial charge in [-0.3, -0.25) is 14.0 Å². The average Bonchev–Trinajstić information content (AvgIpc) is 3.16. The minimum Gasteiger partial charge on any atom is -0.323 e. The van der Waals surface area contributed by atoms with E-state index in [1.54, 1.807) is 22.6 Å². The molecule has 0 radical (unpaired) electrons. The number of nitrogens with one attached hydrogen (secondary N) is 2. The van der Waals surface area contributed by atoms with Crippen molar-refractivity contribution >= 4 is 52.2 Å². The second-order valence-electron chi connectivity index (χ2n) is 6.55. The summed E-state index contributed by atoms with van der Waals surface area (Å²) < 4.78 is 28.7. The van der Waals surface area contributed by atoms with Gasteiger partial charge in [-0.25, -0.2) is 8.78 Å². The molecule has 11 heteroatoms. The van der Waals surface area contributed by atoms with Gasteiger partial charge in [-0.15, -0.1) is 10.2 Å². The number of aromatic nitrogens is 3. The maximum absolute atomic E-state index is 13.8. The Morgan fingerprint density at radius 1 is 1.03 bits per heavy atom. The molecule has 2 aromatic carbocycles. The highest BCUT2D eigenvalue weighted by atomic mass is 35.5. The lowest BCUT2D eigenvalue weighted by atomic mass is 10.2. The topological polar surface area (TPSA) is 88.4 Å². The fourth-order valence-corrected chi connectivity index (χ4v) is 3.65. The number of carbonyl (C=O) groups is 2. The van der Waals surface area contributed by atoms with Gasteiger partial charge in [0.2, 0.25) is 5.91 Å². The molecule has 0 unspecified atom stereocenters. The highest BCUT2D eigenvalue weighted by molar-refractivity contribution is 7.99. The largest absolute Gasteiger partial charge is 0.323 e. The Hall–Kier alpha value is -3.50. The monoisotopic (exact) mass is 473 g/mol. The summed E-state index contributed by atoms with van der Waals surface area (Å²) in [5.41, 5.74) is 1.09. The summed E-state index contributed by atoms with van der Waals surface area (Å²) in [6, 6.07) is 12.6. The molecular formula is C21H14ClF2N5O2S. The minimum atomic E-state index is -0.641. The fourth-order valence-electron chi connectivity index (χ4n) is 2.78. The number of hydrogen-bond acceptors (Lipinski definition) is 5. The summed E-state index contributed by atoms with van der Waals surface area (Å²) in [4.78, 5) is 24.7. The third kappa shape index (κ3) is 5.04. The van der Waals surface area contributed by atoms with E-state index in [0.29, 0.717) is 16.5 Å². The van der Waals surface area contributed by atoms with Crippen LogP contribution in [0.25, 0.3) is 5.65 Å². The van der Waals surface area contributed by atoms with Crippen LogP contribution in [0.15, 0.2) is 66.0 Å². The van der Waals surface area contributed by atoms with E-state index in [4.69, 9.17) is 11.6 Å². The van der Waals surface area contributed by atoms with E-state index >= 15 is 0 Å². The molecule has 2 amide bonds. The number of fused-ring (bicyclic) bond motifs is 1. The maximum Gasteiger partial charge on any atom is 0.257 e. The van der Waals surface area contributed by atoms with E-state index in [2.05, 4.69) is 20.8 Å². The van der Waals surface area contributed by atoms with Crippen molar-refractivity contribution in [2.24, 2.45) is 0 Å². The first-order valence-corrected chi connectivity index (χ1v) is 10.5. The Balaban J connectivity index is 1.45. The summed E-state index contributed by atoms with van der Waals surface area (Å²) in [7, 11) is 0. The summed E-state index contributed by atoms with van der Waals surface area (Å²) in [6.07, 6.45) is 1.52. The smallest absolute Gasteiger partial charge is 0.257 e. The van der Waals surface area contributed by atoms with Gasteiger partial charge in [-0.05, 0) is 48.5 Å². The molecule has 0 atom stereocenters. The first-order valence-electron chi connectivity index (χ1n) is 9.18. The van der Waals surface area contributed by atoms with Crippen LogP contribution in [0, 0.1) is 11.6 Å². The highest BCUT2D eigenvalue weighted by Gasteiger charge is 2.14. The second-order valence-corrected chi connectivity index (χ2v) is 7.93. The third-order valence-corrected chi connectivity index (χ3v) is 5.43. The Morgan fingerprint density at radius 3 is 2.66 bits per heavy atom. The van der Waals surface area contributed by atoms with Gasteiger partial charge in [0.05, 0.1) is 17.0 Å². The number of halogens is 3. The van der Waals surface area contributed by atoms with Gasteiger partial charge in [0.15, 0.2) is 10.8 Å². The molecule has 0 saturated carbocycles. The molecule has 0 fully saturated rings. The minimum absolute atomic E-state index is 0.0161. The Labute approximate surface area is 189 Å². The lowest BCUT2D eigenvalue weighted by molar-refractivity contribution is -0.113. The van der Waals surface area contributed by atoms with Crippen molar-refractivity contribution in [3.63, 3.8) is 0 Å². The molecule has 0 saturated heterocycles. The highest BCUT2D eigenvalue weighted by Crippen LogP contribution is 2.21. The van der Waals surface area contributed by atoms with Crippen molar-refractivity contribution in [1.82, 2.24) is 14.6 Å². The number of carbonyl (C=O) groups excluding carboxylic acids is 2. The molecule has 0 aliphatic rings. The average molecular weight is 474 g/mol. The van der Waals surface area contributed by atoms with E-state index in [0.717, 1.165) is 17.8 Å². The normalized spacial score (nSPS) is 10.8. The van der Waals surface area contributed by atoms with E-state index in [1.165, 1.54) is 36.5 Å². The van der Waals surface area contributed by atoms with E-state index in [1.807, 2.05) is 0 Å². The zero-order valence-electron chi connectivity index (χ0n) is 16.2. The number of rotatable bonds is 6. The van der Waals surface area contributed by atoms with Crippen LogP contribution in [0.1, 0.15) is 10.4 Å². The number of anilines is 2. The SMILES string of the molecule is O=C(CSc1nnc2ccc(C(=O)Nc3cccc(F)c3)cn12)Nc1ccc(Cl)cc1F. The van der Waals surface area contributed by atoms with Gasteiger partial charge in [-0.2, -0.15) is 0 Å². The van der Waals surface area contributed by atoms with Crippen LogP contribution in [0.2, 0.25) is 5.02 Å². The van der Waals surface area contributed by atoms with Gasteiger partial charge >= 0.3 is 0 Å². The number of benzene rings is 2. The summed E-state index contributed by atoms with van der Waals surface area (Å²) in [6.45, 7) is 0. The van der Waals surface area contributed by atoms with Crippen molar-refractivity contribution in [3.05, 3.63) is 83.0 Å². The standard InChI is InChI=1S/C21H14ClF2N5O2S/c22-13-5-6-17(16(24)8-13)26-19(30)11-32-21-28-27-18-7-4-12(10-29(18)21)20(31)25-15-3-1-2-14(23)9-15/h1-10H,11H2,(H,25,31)(H,26,30). The lowest BCUT2D eigenvalue weighted by Crippen LogP contribution is -2.15. The quantitative estimate of drug-likeness (QED) is 0.398. The summed E-state index contributed by atoms with van der Waals surface area (Å²) in [5.74, 6) is -2.07. The van der Waals surface area contributed by atoms with Crippen LogP contribution < -0.4 is 10.6 Å². The molecule has 0 aliphatic heterocycles. The summed E-state index contributed by atoms with van der Waals surface area (Å²) in [5, 5.41) is 13.7. The zero-order chi connectivity index (χ0) is 22.7. The predicted octanol–water partition coefficient (Wildman–Crippen LogP) is 4.64. The van der Waals surface area contributed by atoms with Crippen molar-refractivity contribution in [2.45, 2.75) is 5.16 Å². The van der Waals surface area contributed by atoms with Crippen LogP contribution in [0.5, 0.6) is 0 Å². The van der Waals surface area contributed by atoms with Gasteiger partial charge in [-0.1, -0.05) is 29.4 Å². The van der Waals surface area contributed by atoms with Crippen molar-refractivity contribution in [2.75, 3.05) is 16.4 Å². The zero-order valence-corrected chi connectivity index (χ0v) is 17.8. The van der Waals surface area contributed by atoms with E-state index in [9.17, 15) is 18.4 Å². The Morgan fingerprint density at radius 2 is 1.88 bits per heavy atom. The molecule has 7 nitrogen and oxygen atoms in total. The van der Waals surface area contributed by atoms with Gasteiger partial charge < -0.3 is 10.6 Å². The Bertz CT molecular complexity index is 1330. The molecule has 4 aromatic rings. The number of hydrogen-bond donors (Lipinski definition) is 2. The molecule has 32 heavy (non-hydrogen) atoms. The summed E-state index contributed by atoms with van der Waals surface area (Å²) >= 11 is 6.77. The van der Waals surface area contributed by atoms with Gasteiger partial charge in [0, 0.05) is 16.9 Å². The van der Waals surface area contributed by atoms with Crippen LogP contribution in [-0.2, 0) is 4.79 Å². The molecule has 2 heterocycles. The van der Waals surface area contributed by atoms with Crippen LogP contribution in [0.4, 0.5) is 20.2 Å². The fraction of sp³-hybridized carbons (Fsp3) is 0.0476. The molecule has 2 N–H and O–H groups in total. The number of thioether (sulfide) groups is 1. The predicted molar refractivity (Wildman–Crippen MR) is 118 cm³/mol. The molecule has 0 bridgehead atoms. The van der Waals surface area contributed by atoms with Gasteiger partial charge in [0.25, 0.3) is 5.91 Å². The Kier molecular flexibility index (Phi) is 6.33. The number of nitrogens with zero attached hydrogens (tertiary/aromatic N) is 3. The lowest BCUT2D eigenvalue weighted by Gasteiger charge is -2.07. The molecule has 0 aliphatic carbocycles. The van der Waals surface area contributed by atoms with Crippen molar-refractivity contribution in [1.29, 1.82) is 0 Å². The molecule has 4 rings (SSSR count). The van der Waals surface area contributed by atoms with E-state index in [-0.39, 0.29) is 22.0 Å². The first kappa shape index (κ1) is 21.7. The number of amides is 2. The second kappa shape index (κ2) is 9.33. The van der Waals surface area contributed by atoms with Crippen molar-refractivity contribution < 1.29 is 18.4 Å². The van der Waals surface area contributed by atoms with Gasteiger partial charge in [0.1, 0.15) is 11.6 Å². The molecule has 2 aromatic heterocycles. The molecular weight excluding hydrogens is 460 g/mol. The molecule has 0 spiro atoms. The van der Waals surface area contributed by atoms with Crippen LogP contribution in [-0.4, -0.2) is 32.2 Å². The maximum atomic E-state index is 13.8. The van der Waals surface area contributed by atoms with Crippen LogP contribution >= 0.6 is 23.4 Å². The van der Waals surface area contributed by atoms with E-state index < -0.39 is 23.4 Å². The number of pyridine rings is 1. The first-order chi connectivity index (χ1) is 15.4. The molecule has 162 valence electrons.